The Labute approximate surface area is 79.0 Å². The Morgan fingerprint density at radius 3 is 2.77 bits per heavy atom. The number of rotatable bonds is 1. The maximum atomic E-state index is 10.8. The number of fused-ring (bicyclic) bond motifs is 1. The Kier molecular flexibility index (Phi) is 1.76. The van der Waals surface area contributed by atoms with Crippen molar-refractivity contribution < 1.29 is 9.53 Å². The lowest BCUT2D eigenvalue weighted by Crippen LogP contribution is -2.48. The van der Waals surface area contributed by atoms with Crippen molar-refractivity contribution in [1.82, 2.24) is 0 Å². The van der Waals surface area contributed by atoms with Crippen molar-refractivity contribution in [2.24, 2.45) is 17.3 Å². The van der Waals surface area contributed by atoms with E-state index in [1.807, 2.05) is 0 Å². The van der Waals surface area contributed by atoms with Crippen molar-refractivity contribution in [3.63, 3.8) is 0 Å². The zero-order chi connectivity index (χ0) is 9.64. The molecule has 2 nitrogen and oxygen atoms in total. The van der Waals surface area contributed by atoms with Crippen LogP contribution in [0.3, 0.4) is 0 Å². The summed E-state index contributed by atoms with van der Waals surface area (Å²) in [5.41, 5.74) is 0.347. The first kappa shape index (κ1) is 8.79. The van der Waals surface area contributed by atoms with Gasteiger partial charge in [0.05, 0.1) is 0 Å². The molecule has 1 saturated carbocycles. The number of hydrogen-bond donors (Lipinski definition) is 0. The van der Waals surface area contributed by atoms with Crippen LogP contribution in [0.15, 0.2) is 11.8 Å². The summed E-state index contributed by atoms with van der Waals surface area (Å²) >= 11 is 0. The van der Waals surface area contributed by atoms with Crippen LogP contribution in [0.4, 0.5) is 0 Å². The van der Waals surface area contributed by atoms with Crippen LogP contribution < -0.4 is 0 Å². The molecule has 2 heteroatoms. The van der Waals surface area contributed by atoms with E-state index in [-0.39, 0.29) is 5.97 Å². The minimum absolute atomic E-state index is 0.188. The van der Waals surface area contributed by atoms with Crippen molar-refractivity contribution in [3.05, 3.63) is 11.8 Å². The van der Waals surface area contributed by atoms with Gasteiger partial charge in [0.2, 0.25) is 0 Å². The molecule has 0 aromatic rings. The van der Waals surface area contributed by atoms with Gasteiger partial charge in [-0.15, -0.1) is 0 Å². The van der Waals surface area contributed by atoms with Crippen LogP contribution in [-0.2, 0) is 9.53 Å². The van der Waals surface area contributed by atoms with Crippen LogP contribution in [-0.4, -0.2) is 5.97 Å². The number of allylic oxidation sites excluding steroid dienone is 2. The summed E-state index contributed by atoms with van der Waals surface area (Å²) in [7, 11) is 0. The molecule has 0 N–H and O–H groups in total. The molecule has 0 aromatic heterocycles. The monoisotopic (exact) mass is 180 g/mol. The number of ether oxygens (including phenoxy) is 1. The lowest BCUT2D eigenvalue weighted by molar-refractivity contribution is -0.142. The average molecular weight is 180 g/mol. The molecular formula is C11H16O2. The molecule has 0 heterocycles. The molecule has 2 bridgehead atoms. The summed E-state index contributed by atoms with van der Waals surface area (Å²) < 4.78 is 5.20. The van der Waals surface area contributed by atoms with Gasteiger partial charge in [-0.1, -0.05) is 13.8 Å². The summed E-state index contributed by atoms with van der Waals surface area (Å²) in [6.07, 6.45) is 4.36. The number of hydrogen-bond acceptors (Lipinski definition) is 2. The fraction of sp³-hybridized carbons (Fsp3) is 0.727. The first-order chi connectivity index (χ1) is 6.01. The number of esters is 1. The summed E-state index contributed by atoms with van der Waals surface area (Å²) in [4.78, 5) is 10.8. The third kappa shape index (κ3) is 1.19. The second kappa shape index (κ2) is 2.60. The Bertz CT molecular complexity index is 276. The smallest absolute Gasteiger partial charge is 0.307 e. The topological polar surface area (TPSA) is 26.3 Å². The zero-order valence-corrected chi connectivity index (χ0v) is 8.46. The van der Waals surface area contributed by atoms with Gasteiger partial charge < -0.3 is 4.74 Å². The van der Waals surface area contributed by atoms with Gasteiger partial charge in [0, 0.05) is 12.8 Å². The maximum absolute atomic E-state index is 10.8. The Hall–Kier alpha value is -0.790. The fourth-order valence-electron chi connectivity index (χ4n) is 2.58. The molecule has 0 radical (unpaired) electrons. The highest BCUT2D eigenvalue weighted by molar-refractivity contribution is 5.67. The van der Waals surface area contributed by atoms with Crippen molar-refractivity contribution in [2.75, 3.05) is 0 Å². The first-order valence-electron chi connectivity index (χ1n) is 4.90. The third-order valence-electron chi connectivity index (χ3n) is 3.68. The van der Waals surface area contributed by atoms with E-state index in [1.165, 1.54) is 13.3 Å². The van der Waals surface area contributed by atoms with Crippen LogP contribution in [0, 0.1) is 17.3 Å². The van der Waals surface area contributed by atoms with Gasteiger partial charge in [0.25, 0.3) is 0 Å². The highest BCUT2D eigenvalue weighted by atomic mass is 16.5. The molecule has 0 unspecified atom stereocenters. The second-order valence-electron chi connectivity index (χ2n) is 4.74. The van der Waals surface area contributed by atoms with E-state index in [9.17, 15) is 4.79 Å². The molecule has 0 saturated heterocycles. The van der Waals surface area contributed by atoms with E-state index >= 15 is 0 Å². The molecule has 3 aliphatic carbocycles. The van der Waals surface area contributed by atoms with E-state index in [1.54, 1.807) is 0 Å². The zero-order valence-electron chi connectivity index (χ0n) is 8.46. The molecule has 2 atom stereocenters. The van der Waals surface area contributed by atoms with Gasteiger partial charge in [-0.05, 0) is 30.3 Å². The minimum atomic E-state index is -0.188. The van der Waals surface area contributed by atoms with Crippen LogP contribution in [0.2, 0.25) is 0 Å². The van der Waals surface area contributed by atoms with E-state index in [4.69, 9.17) is 4.74 Å². The predicted molar refractivity (Wildman–Crippen MR) is 49.8 cm³/mol. The Morgan fingerprint density at radius 1 is 1.62 bits per heavy atom. The van der Waals surface area contributed by atoms with Gasteiger partial charge in [-0.3, -0.25) is 4.79 Å². The first-order valence-corrected chi connectivity index (χ1v) is 4.90. The highest BCUT2D eigenvalue weighted by Gasteiger charge is 2.52. The van der Waals surface area contributed by atoms with Gasteiger partial charge in [-0.25, -0.2) is 0 Å². The van der Waals surface area contributed by atoms with Crippen LogP contribution >= 0.6 is 0 Å². The summed E-state index contributed by atoms with van der Waals surface area (Å²) in [5.74, 6) is 2.01. The van der Waals surface area contributed by atoms with E-state index in [0.717, 1.165) is 18.1 Å². The highest BCUT2D eigenvalue weighted by Crippen LogP contribution is 2.59. The predicted octanol–water partition coefficient (Wildman–Crippen LogP) is 2.50. The average Bonchev–Trinajstić information content (AvgIpc) is 2.03. The summed E-state index contributed by atoms with van der Waals surface area (Å²) in [5, 5.41) is 0. The van der Waals surface area contributed by atoms with Crippen molar-refractivity contribution in [2.45, 2.75) is 33.6 Å². The molecular weight excluding hydrogens is 164 g/mol. The van der Waals surface area contributed by atoms with Crippen LogP contribution in [0.1, 0.15) is 33.6 Å². The van der Waals surface area contributed by atoms with Crippen LogP contribution in [0.5, 0.6) is 0 Å². The second-order valence-corrected chi connectivity index (χ2v) is 4.74. The fourth-order valence-corrected chi connectivity index (χ4v) is 2.58. The minimum Gasteiger partial charge on any atom is -0.431 e. The molecule has 0 spiro atoms. The molecule has 72 valence electrons. The van der Waals surface area contributed by atoms with Crippen LogP contribution in [0.25, 0.3) is 0 Å². The van der Waals surface area contributed by atoms with Gasteiger partial charge >= 0.3 is 5.97 Å². The molecule has 0 aromatic carbocycles. The maximum Gasteiger partial charge on any atom is 0.307 e. The molecule has 0 aliphatic heterocycles. The number of carbonyl (C=O) groups excluding carboxylic acids is 1. The van der Waals surface area contributed by atoms with Gasteiger partial charge in [0.15, 0.2) is 0 Å². The van der Waals surface area contributed by atoms with Crippen molar-refractivity contribution in [3.8, 4) is 0 Å². The quantitative estimate of drug-likeness (QED) is 0.579. The van der Waals surface area contributed by atoms with Gasteiger partial charge in [-0.2, -0.15) is 0 Å². The number of carbonyl (C=O) groups is 1. The normalized spacial score (nSPS) is 34.5. The van der Waals surface area contributed by atoms with E-state index in [0.29, 0.717) is 11.3 Å². The standard InChI is InChI=1S/C11H16O2/c1-7(12)13-10-5-4-8-6-9(10)11(8,2)3/h5,8-9H,4,6H2,1-3H3/t8-,9-/m0/s1. The Morgan fingerprint density at radius 2 is 2.31 bits per heavy atom. The van der Waals surface area contributed by atoms with Crippen molar-refractivity contribution in [1.29, 1.82) is 0 Å². The summed E-state index contributed by atoms with van der Waals surface area (Å²) in [6, 6.07) is 0. The van der Waals surface area contributed by atoms with Gasteiger partial charge in [0.1, 0.15) is 5.76 Å². The van der Waals surface area contributed by atoms with E-state index < -0.39 is 0 Å². The third-order valence-corrected chi connectivity index (χ3v) is 3.68. The van der Waals surface area contributed by atoms with Crippen molar-refractivity contribution >= 4 is 5.97 Å². The molecule has 0 amide bonds. The Balaban J connectivity index is 2.14. The lowest BCUT2D eigenvalue weighted by atomic mass is 9.50. The molecule has 13 heavy (non-hydrogen) atoms. The lowest BCUT2D eigenvalue weighted by Gasteiger charge is -2.55. The van der Waals surface area contributed by atoms with E-state index in [2.05, 4.69) is 19.9 Å². The summed E-state index contributed by atoms with van der Waals surface area (Å²) in [6.45, 7) is 6.00. The molecule has 3 aliphatic rings. The largest absolute Gasteiger partial charge is 0.431 e. The molecule has 3 rings (SSSR count). The SMILES string of the molecule is CC(=O)OC1=CC[C@H]2C[C@@H]1C2(C)C. The molecule has 1 fully saturated rings.